The van der Waals surface area contributed by atoms with Crippen LogP contribution in [0.15, 0.2) is 52.3 Å². The van der Waals surface area contributed by atoms with Gasteiger partial charge < -0.3 is 5.11 Å². The van der Waals surface area contributed by atoms with E-state index in [1.807, 2.05) is 0 Å². The van der Waals surface area contributed by atoms with Crippen molar-refractivity contribution in [3.8, 4) is 6.07 Å². The van der Waals surface area contributed by atoms with Crippen LogP contribution in [0.3, 0.4) is 0 Å². The Morgan fingerprint density at radius 3 is 2.43 bits per heavy atom. The summed E-state index contributed by atoms with van der Waals surface area (Å²) in [7, 11) is 0. The molecule has 2 rings (SSSR count). The van der Waals surface area contributed by atoms with Crippen molar-refractivity contribution in [2.45, 2.75) is 9.79 Å². The third-order valence-electron chi connectivity index (χ3n) is 2.63. The quantitative estimate of drug-likeness (QED) is 0.686. The van der Waals surface area contributed by atoms with Gasteiger partial charge in [-0.3, -0.25) is 10.1 Å². The summed E-state index contributed by atoms with van der Waals surface area (Å²) in [6.07, 6.45) is 0. The lowest BCUT2D eigenvalue weighted by Crippen LogP contribution is -1.96. The van der Waals surface area contributed by atoms with Gasteiger partial charge in [0.05, 0.1) is 15.4 Å². The van der Waals surface area contributed by atoms with Crippen molar-refractivity contribution in [2.75, 3.05) is 0 Å². The Labute approximate surface area is 123 Å². The number of para-hydroxylation sites is 1. The van der Waals surface area contributed by atoms with Gasteiger partial charge in [0.2, 0.25) is 0 Å². The topological polar surface area (TPSA) is 104 Å². The number of nitro groups is 1. The largest absolute Gasteiger partial charge is 0.478 e. The first-order chi connectivity index (χ1) is 10.0. The number of carboxylic acids is 1. The molecule has 1 N–H and O–H groups in total. The van der Waals surface area contributed by atoms with Crippen molar-refractivity contribution in [1.29, 1.82) is 5.26 Å². The number of aromatic carboxylic acids is 1. The van der Waals surface area contributed by atoms with E-state index in [2.05, 4.69) is 0 Å². The van der Waals surface area contributed by atoms with E-state index in [9.17, 15) is 14.9 Å². The maximum atomic E-state index is 11.1. The SMILES string of the molecule is N#Cc1cccc(Sc2ccc(C(=O)O)cc2)c1[N+](=O)[O-]. The van der Waals surface area contributed by atoms with Crippen molar-refractivity contribution in [3.63, 3.8) is 0 Å². The highest BCUT2D eigenvalue weighted by molar-refractivity contribution is 7.99. The molecule has 0 unspecified atom stereocenters. The highest BCUT2D eigenvalue weighted by atomic mass is 32.2. The first kappa shape index (κ1) is 14.6. The van der Waals surface area contributed by atoms with Gasteiger partial charge >= 0.3 is 11.7 Å². The Morgan fingerprint density at radius 1 is 1.24 bits per heavy atom. The normalized spacial score (nSPS) is 9.86. The van der Waals surface area contributed by atoms with E-state index in [0.29, 0.717) is 9.79 Å². The lowest BCUT2D eigenvalue weighted by Gasteiger charge is -2.04. The fourth-order valence-corrected chi connectivity index (χ4v) is 2.63. The van der Waals surface area contributed by atoms with Crippen molar-refractivity contribution >= 4 is 23.4 Å². The van der Waals surface area contributed by atoms with Crippen LogP contribution < -0.4 is 0 Å². The lowest BCUT2D eigenvalue weighted by molar-refractivity contribution is -0.388. The number of nitro benzene ring substituents is 1. The molecular weight excluding hydrogens is 292 g/mol. The first-order valence-electron chi connectivity index (χ1n) is 5.71. The fraction of sp³-hybridized carbons (Fsp3) is 0. The molecule has 2 aromatic carbocycles. The van der Waals surface area contributed by atoms with E-state index in [4.69, 9.17) is 10.4 Å². The van der Waals surface area contributed by atoms with Gasteiger partial charge in [0.15, 0.2) is 0 Å². The van der Waals surface area contributed by atoms with Crippen molar-refractivity contribution < 1.29 is 14.8 Å². The highest BCUT2D eigenvalue weighted by Crippen LogP contribution is 2.36. The molecule has 0 radical (unpaired) electrons. The zero-order chi connectivity index (χ0) is 15.4. The Balaban J connectivity index is 2.38. The molecular formula is C14H8N2O4S. The molecule has 7 heteroatoms. The third-order valence-corrected chi connectivity index (χ3v) is 3.69. The van der Waals surface area contributed by atoms with Crippen LogP contribution >= 0.6 is 11.8 Å². The molecule has 0 aromatic heterocycles. The van der Waals surface area contributed by atoms with Gasteiger partial charge in [0, 0.05) is 4.90 Å². The minimum absolute atomic E-state index is 0.00726. The van der Waals surface area contributed by atoms with Crippen molar-refractivity contribution in [3.05, 3.63) is 63.7 Å². The summed E-state index contributed by atoms with van der Waals surface area (Å²) < 4.78 is 0. The Bertz CT molecular complexity index is 751. The van der Waals surface area contributed by atoms with E-state index < -0.39 is 10.9 Å². The zero-order valence-electron chi connectivity index (χ0n) is 10.5. The second-order valence-corrected chi connectivity index (χ2v) is 5.07. The highest BCUT2D eigenvalue weighted by Gasteiger charge is 2.20. The van der Waals surface area contributed by atoms with Crippen molar-refractivity contribution in [2.24, 2.45) is 0 Å². The van der Waals surface area contributed by atoms with Gasteiger partial charge in [0.1, 0.15) is 11.6 Å². The van der Waals surface area contributed by atoms with Gasteiger partial charge in [-0.05, 0) is 36.4 Å². The molecule has 0 aliphatic rings. The maximum absolute atomic E-state index is 11.1. The van der Waals surface area contributed by atoms with Crippen LogP contribution in [0.5, 0.6) is 0 Å². The van der Waals surface area contributed by atoms with Gasteiger partial charge in [-0.2, -0.15) is 5.26 Å². The minimum atomic E-state index is -1.04. The molecule has 0 fully saturated rings. The number of nitriles is 1. The number of carbonyl (C=O) groups is 1. The molecule has 6 nitrogen and oxygen atoms in total. The monoisotopic (exact) mass is 300 g/mol. The second-order valence-electron chi connectivity index (χ2n) is 3.95. The van der Waals surface area contributed by atoms with E-state index in [-0.39, 0.29) is 16.8 Å². The standard InChI is InChI=1S/C14H8N2O4S/c15-8-10-2-1-3-12(13(10)16(19)20)21-11-6-4-9(5-7-11)14(17)18/h1-7H,(H,17,18). The van der Waals surface area contributed by atoms with E-state index in [1.54, 1.807) is 30.3 Å². The number of hydrogen-bond acceptors (Lipinski definition) is 5. The molecule has 104 valence electrons. The summed E-state index contributed by atoms with van der Waals surface area (Å²) in [6, 6.07) is 12.3. The molecule has 0 aliphatic heterocycles. The van der Waals surface area contributed by atoms with Crippen LogP contribution in [0.1, 0.15) is 15.9 Å². The number of nitrogens with zero attached hydrogens (tertiary/aromatic N) is 2. The summed E-state index contributed by atoms with van der Waals surface area (Å²) in [5.74, 6) is -1.04. The molecule has 0 aliphatic carbocycles. The average molecular weight is 300 g/mol. The average Bonchev–Trinajstić information content (AvgIpc) is 2.47. The summed E-state index contributed by atoms with van der Waals surface area (Å²) in [5.41, 5.74) is -0.112. The van der Waals surface area contributed by atoms with Gasteiger partial charge in [-0.1, -0.05) is 17.8 Å². The van der Waals surface area contributed by atoms with Gasteiger partial charge in [-0.15, -0.1) is 0 Å². The molecule has 0 spiro atoms. The zero-order valence-corrected chi connectivity index (χ0v) is 11.3. The molecule has 2 aromatic rings. The third kappa shape index (κ3) is 3.19. The van der Waals surface area contributed by atoms with E-state index >= 15 is 0 Å². The Kier molecular flexibility index (Phi) is 4.21. The predicted molar refractivity (Wildman–Crippen MR) is 75.3 cm³/mol. The van der Waals surface area contributed by atoms with Crippen LogP contribution in [-0.2, 0) is 0 Å². The Morgan fingerprint density at radius 2 is 1.90 bits per heavy atom. The van der Waals surface area contributed by atoms with E-state index in [1.165, 1.54) is 18.2 Å². The van der Waals surface area contributed by atoms with E-state index in [0.717, 1.165) is 11.8 Å². The number of rotatable bonds is 4. The first-order valence-corrected chi connectivity index (χ1v) is 6.53. The second kappa shape index (κ2) is 6.07. The van der Waals surface area contributed by atoms with Crippen LogP contribution in [0.25, 0.3) is 0 Å². The smallest absolute Gasteiger partial charge is 0.335 e. The number of benzene rings is 2. The molecule has 0 saturated heterocycles. The van der Waals surface area contributed by atoms with Gasteiger partial charge in [-0.25, -0.2) is 4.79 Å². The minimum Gasteiger partial charge on any atom is -0.478 e. The van der Waals surface area contributed by atoms with Crippen LogP contribution in [0, 0.1) is 21.4 Å². The predicted octanol–water partition coefficient (Wildman–Crippen LogP) is 3.32. The molecule has 0 heterocycles. The summed E-state index contributed by atoms with van der Waals surface area (Å²) in [4.78, 5) is 22.3. The molecule has 0 saturated carbocycles. The molecule has 21 heavy (non-hydrogen) atoms. The van der Waals surface area contributed by atoms with Crippen molar-refractivity contribution in [1.82, 2.24) is 0 Å². The number of hydrogen-bond donors (Lipinski definition) is 1. The number of carboxylic acid groups (broad SMARTS) is 1. The maximum Gasteiger partial charge on any atom is 0.335 e. The fourth-order valence-electron chi connectivity index (χ4n) is 1.68. The van der Waals surface area contributed by atoms with Crippen LogP contribution in [0.2, 0.25) is 0 Å². The summed E-state index contributed by atoms with van der Waals surface area (Å²) >= 11 is 1.11. The van der Waals surface area contributed by atoms with Crippen LogP contribution in [-0.4, -0.2) is 16.0 Å². The van der Waals surface area contributed by atoms with Crippen LogP contribution in [0.4, 0.5) is 5.69 Å². The molecule has 0 amide bonds. The molecule has 0 atom stereocenters. The van der Waals surface area contributed by atoms with Gasteiger partial charge in [0.25, 0.3) is 0 Å². The molecule has 0 bridgehead atoms. The lowest BCUT2D eigenvalue weighted by atomic mass is 10.2. The summed E-state index contributed by atoms with van der Waals surface area (Å²) in [6.45, 7) is 0. The Hall–Kier alpha value is -2.85. The summed E-state index contributed by atoms with van der Waals surface area (Å²) in [5, 5.41) is 28.8.